The second kappa shape index (κ2) is 8.88. The molecule has 0 spiro atoms. The average molecular weight is 360 g/mol. The Morgan fingerprint density at radius 3 is 2.81 bits per heavy atom. The van der Waals surface area contributed by atoms with Gasteiger partial charge in [-0.05, 0) is 17.7 Å². The first kappa shape index (κ1) is 18.5. The van der Waals surface area contributed by atoms with Crippen LogP contribution in [0.1, 0.15) is 17.5 Å². The van der Waals surface area contributed by atoms with Gasteiger partial charge in [-0.1, -0.05) is 0 Å². The first-order valence-corrected chi connectivity index (χ1v) is 8.82. The van der Waals surface area contributed by atoms with Gasteiger partial charge in [0.15, 0.2) is 0 Å². The molecule has 0 unspecified atom stereocenters. The van der Waals surface area contributed by atoms with E-state index < -0.39 is 5.97 Å². The lowest BCUT2D eigenvalue weighted by Crippen LogP contribution is -2.42. The molecular weight excluding hydrogens is 336 g/mol. The number of fused-ring (bicyclic) bond motifs is 1. The molecule has 0 aromatic carbocycles. The SMILES string of the molecule is O=C(O)/C=C/c1cnc2c(c1)CN(CCN1CCOCC1)CCC(=O)N2. The van der Waals surface area contributed by atoms with Crippen LogP contribution in [0.3, 0.4) is 0 Å². The largest absolute Gasteiger partial charge is 0.478 e. The topological polar surface area (TPSA) is 95.0 Å². The quantitative estimate of drug-likeness (QED) is 0.745. The Labute approximate surface area is 152 Å². The number of aromatic nitrogens is 1. The molecule has 2 aliphatic rings. The summed E-state index contributed by atoms with van der Waals surface area (Å²) >= 11 is 0. The van der Waals surface area contributed by atoms with Gasteiger partial charge in [-0.2, -0.15) is 0 Å². The molecule has 0 atom stereocenters. The fourth-order valence-electron chi connectivity index (χ4n) is 3.09. The minimum absolute atomic E-state index is 0.0522. The monoisotopic (exact) mass is 360 g/mol. The highest BCUT2D eigenvalue weighted by Crippen LogP contribution is 2.20. The fraction of sp³-hybridized carbons (Fsp3) is 0.500. The molecule has 0 aliphatic carbocycles. The lowest BCUT2D eigenvalue weighted by molar-refractivity contribution is -0.131. The highest BCUT2D eigenvalue weighted by molar-refractivity contribution is 5.91. The molecule has 0 bridgehead atoms. The van der Waals surface area contributed by atoms with Crippen molar-refractivity contribution in [3.63, 3.8) is 0 Å². The first-order chi connectivity index (χ1) is 12.6. The maximum absolute atomic E-state index is 12.1. The summed E-state index contributed by atoms with van der Waals surface area (Å²) in [5.41, 5.74) is 1.60. The normalized spacial score (nSPS) is 19.6. The number of amides is 1. The zero-order valence-electron chi connectivity index (χ0n) is 14.7. The molecule has 140 valence electrons. The number of rotatable bonds is 5. The number of nitrogens with one attached hydrogen (secondary N) is 1. The second-order valence-electron chi connectivity index (χ2n) is 6.48. The molecule has 0 radical (unpaired) electrons. The lowest BCUT2D eigenvalue weighted by Gasteiger charge is -2.31. The Bertz CT molecular complexity index is 686. The van der Waals surface area contributed by atoms with E-state index in [-0.39, 0.29) is 5.91 Å². The Kier molecular flexibility index (Phi) is 6.32. The molecule has 2 N–H and O–H groups in total. The van der Waals surface area contributed by atoms with Crippen LogP contribution < -0.4 is 5.32 Å². The first-order valence-electron chi connectivity index (χ1n) is 8.82. The number of morpholine rings is 1. The van der Waals surface area contributed by atoms with Gasteiger partial charge in [0.05, 0.1) is 13.2 Å². The molecule has 8 heteroatoms. The minimum Gasteiger partial charge on any atom is -0.478 e. The summed E-state index contributed by atoms with van der Waals surface area (Å²) in [5.74, 6) is -0.501. The molecule has 1 amide bonds. The van der Waals surface area contributed by atoms with E-state index in [1.807, 2.05) is 6.07 Å². The number of hydrogen-bond acceptors (Lipinski definition) is 6. The number of carboxylic acid groups (broad SMARTS) is 1. The van der Waals surface area contributed by atoms with Crippen LogP contribution in [0.5, 0.6) is 0 Å². The summed E-state index contributed by atoms with van der Waals surface area (Å²) in [5, 5.41) is 11.6. The van der Waals surface area contributed by atoms with Gasteiger partial charge in [-0.3, -0.25) is 14.6 Å². The maximum Gasteiger partial charge on any atom is 0.328 e. The minimum atomic E-state index is -1.00. The van der Waals surface area contributed by atoms with E-state index in [0.717, 1.165) is 51.0 Å². The van der Waals surface area contributed by atoms with Crippen LogP contribution in [0.15, 0.2) is 18.3 Å². The zero-order chi connectivity index (χ0) is 18.4. The highest BCUT2D eigenvalue weighted by atomic mass is 16.5. The van der Waals surface area contributed by atoms with Crippen molar-refractivity contribution in [1.82, 2.24) is 14.8 Å². The van der Waals surface area contributed by atoms with Crippen molar-refractivity contribution >= 4 is 23.8 Å². The number of carbonyl (C=O) groups excluding carboxylic acids is 1. The number of pyridine rings is 1. The third-order valence-electron chi connectivity index (χ3n) is 4.55. The predicted molar refractivity (Wildman–Crippen MR) is 96.7 cm³/mol. The third kappa shape index (κ3) is 5.35. The number of carbonyl (C=O) groups is 2. The highest BCUT2D eigenvalue weighted by Gasteiger charge is 2.19. The summed E-state index contributed by atoms with van der Waals surface area (Å²) in [6.07, 6.45) is 4.60. The molecule has 26 heavy (non-hydrogen) atoms. The number of aliphatic carboxylic acids is 1. The molecule has 1 saturated heterocycles. The Balaban J connectivity index is 1.70. The van der Waals surface area contributed by atoms with Crippen molar-refractivity contribution in [2.75, 3.05) is 51.3 Å². The van der Waals surface area contributed by atoms with E-state index >= 15 is 0 Å². The van der Waals surface area contributed by atoms with Crippen LogP contribution in [0.25, 0.3) is 6.08 Å². The van der Waals surface area contributed by atoms with Crippen LogP contribution in [0, 0.1) is 0 Å². The van der Waals surface area contributed by atoms with E-state index in [0.29, 0.717) is 30.9 Å². The van der Waals surface area contributed by atoms with E-state index in [2.05, 4.69) is 20.1 Å². The van der Waals surface area contributed by atoms with E-state index in [4.69, 9.17) is 9.84 Å². The van der Waals surface area contributed by atoms with Gasteiger partial charge in [-0.25, -0.2) is 9.78 Å². The van der Waals surface area contributed by atoms with Crippen molar-refractivity contribution in [1.29, 1.82) is 0 Å². The molecule has 1 fully saturated rings. The summed E-state index contributed by atoms with van der Waals surface area (Å²) in [6.45, 7) is 6.58. The number of nitrogens with zero attached hydrogens (tertiary/aromatic N) is 3. The van der Waals surface area contributed by atoms with E-state index in [1.54, 1.807) is 6.20 Å². The number of carboxylic acids is 1. The Morgan fingerprint density at radius 1 is 1.27 bits per heavy atom. The third-order valence-corrected chi connectivity index (χ3v) is 4.55. The summed E-state index contributed by atoms with van der Waals surface area (Å²) < 4.78 is 5.38. The standard InChI is InChI=1S/C18H24N4O4/c23-16-3-4-22(6-5-21-7-9-26-10-8-21)13-15-11-14(1-2-17(24)25)12-19-18(15)20-16/h1-2,11-12H,3-10,13H2,(H,24,25)(H,19,20,23)/b2-1+. The lowest BCUT2D eigenvalue weighted by atomic mass is 10.1. The molecule has 0 saturated carbocycles. The fourth-order valence-corrected chi connectivity index (χ4v) is 3.09. The zero-order valence-corrected chi connectivity index (χ0v) is 14.7. The summed E-state index contributed by atoms with van der Waals surface area (Å²) in [6, 6.07) is 1.88. The van der Waals surface area contributed by atoms with Gasteiger partial charge in [0.1, 0.15) is 5.82 Å². The molecule has 2 aliphatic heterocycles. The van der Waals surface area contributed by atoms with Gasteiger partial charge in [-0.15, -0.1) is 0 Å². The van der Waals surface area contributed by atoms with Crippen LogP contribution in [-0.4, -0.2) is 77.7 Å². The second-order valence-corrected chi connectivity index (χ2v) is 6.48. The van der Waals surface area contributed by atoms with Crippen molar-refractivity contribution in [3.8, 4) is 0 Å². The molecule has 1 aromatic heterocycles. The number of anilines is 1. The molecular formula is C18H24N4O4. The van der Waals surface area contributed by atoms with Gasteiger partial charge in [0.25, 0.3) is 0 Å². The van der Waals surface area contributed by atoms with Gasteiger partial charge < -0.3 is 15.2 Å². The van der Waals surface area contributed by atoms with Crippen LogP contribution >= 0.6 is 0 Å². The summed E-state index contributed by atoms with van der Waals surface area (Å²) in [7, 11) is 0. The number of ether oxygens (including phenoxy) is 1. The molecule has 3 heterocycles. The number of hydrogen-bond donors (Lipinski definition) is 2. The van der Waals surface area contributed by atoms with Crippen molar-refractivity contribution in [3.05, 3.63) is 29.5 Å². The van der Waals surface area contributed by atoms with Crippen LogP contribution in [-0.2, 0) is 20.9 Å². The van der Waals surface area contributed by atoms with E-state index in [9.17, 15) is 9.59 Å². The molecule has 1 aromatic rings. The average Bonchev–Trinajstić information content (AvgIpc) is 2.63. The Hall–Kier alpha value is -2.29. The van der Waals surface area contributed by atoms with Gasteiger partial charge in [0.2, 0.25) is 5.91 Å². The maximum atomic E-state index is 12.1. The van der Waals surface area contributed by atoms with Gasteiger partial charge in [0, 0.05) is 63.5 Å². The van der Waals surface area contributed by atoms with Crippen LogP contribution in [0.4, 0.5) is 5.82 Å². The van der Waals surface area contributed by atoms with Crippen molar-refractivity contribution in [2.45, 2.75) is 13.0 Å². The van der Waals surface area contributed by atoms with Crippen molar-refractivity contribution < 1.29 is 19.4 Å². The Morgan fingerprint density at radius 2 is 2.04 bits per heavy atom. The molecule has 8 nitrogen and oxygen atoms in total. The van der Waals surface area contributed by atoms with Crippen LogP contribution in [0.2, 0.25) is 0 Å². The van der Waals surface area contributed by atoms with Gasteiger partial charge >= 0.3 is 5.97 Å². The summed E-state index contributed by atoms with van der Waals surface area (Å²) in [4.78, 5) is 31.7. The molecule has 3 rings (SSSR count). The van der Waals surface area contributed by atoms with E-state index in [1.165, 1.54) is 6.08 Å². The van der Waals surface area contributed by atoms with Crippen molar-refractivity contribution in [2.24, 2.45) is 0 Å². The predicted octanol–water partition coefficient (Wildman–Crippen LogP) is 0.656. The smallest absolute Gasteiger partial charge is 0.328 e.